The van der Waals surface area contributed by atoms with Gasteiger partial charge < -0.3 is 11.1 Å². The van der Waals surface area contributed by atoms with E-state index in [1.54, 1.807) is 16.9 Å². The molecule has 0 aliphatic carbocycles. The monoisotopic (exact) mass is 217 g/mol. The molecule has 3 N–H and O–H groups in total. The van der Waals surface area contributed by atoms with Gasteiger partial charge in [-0.05, 0) is 31.8 Å². The quantitative estimate of drug-likeness (QED) is 0.767. The summed E-state index contributed by atoms with van der Waals surface area (Å²) in [6.45, 7) is 2.23. The van der Waals surface area contributed by atoms with E-state index < -0.39 is 0 Å². The summed E-state index contributed by atoms with van der Waals surface area (Å²) in [5, 5.41) is 7.65. The minimum absolute atomic E-state index is 0.643. The molecule has 1 atom stereocenters. The zero-order chi connectivity index (χ0) is 11.0. The van der Waals surface area contributed by atoms with E-state index in [1.807, 2.05) is 6.20 Å². The molecule has 1 unspecified atom stereocenters. The van der Waals surface area contributed by atoms with E-state index in [9.17, 15) is 0 Å². The van der Waals surface area contributed by atoms with Crippen LogP contribution in [0.15, 0.2) is 18.6 Å². The molecule has 2 aromatic heterocycles. The molecule has 0 aromatic carbocycles. The lowest BCUT2D eigenvalue weighted by Gasteiger charge is -2.05. The first-order chi connectivity index (χ1) is 7.83. The van der Waals surface area contributed by atoms with E-state index in [2.05, 4.69) is 15.4 Å². The van der Waals surface area contributed by atoms with Crippen LogP contribution in [0.4, 0.5) is 5.69 Å². The fraction of sp³-hybridized carbons (Fsp3) is 0.455. The molecule has 3 heterocycles. The second-order valence-corrected chi connectivity index (χ2v) is 4.39. The van der Waals surface area contributed by atoms with Gasteiger partial charge in [-0.3, -0.25) is 0 Å². The first kappa shape index (κ1) is 9.59. The third kappa shape index (κ3) is 1.63. The Hall–Kier alpha value is -1.62. The van der Waals surface area contributed by atoms with Crippen molar-refractivity contribution in [3.8, 4) is 0 Å². The van der Waals surface area contributed by atoms with Gasteiger partial charge in [0.2, 0.25) is 0 Å². The Labute approximate surface area is 93.7 Å². The largest absolute Gasteiger partial charge is 0.396 e. The van der Waals surface area contributed by atoms with Crippen molar-refractivity contribution in [2.45, 2.75) is 12.8 Å². The van der Waals surface area contributed by atoms with E-state index in [0.29, 0.717) is 11.6 Å². The zero-order valence-electron chi connectivity index (χ0n) is 9.06. The van der Waals surface area contributed by atoms with E-state index in [0.717, 1.165) is 25.2 Å². The Morgan fingerprint density at radius 1 is 1.50 bits per heavy atom. The van der Waals surface area contributed by atoms with Gasteiger partial charge in [-0.1, -0.05) is 0 Å². The molecule has 1 saturated heterocycles. The SMILES string of the molecule is Nc1cnc2c(CC3CCNC3)cnn2c1. The van der Waals surface area contributed by atoms with Gasteiger partial charge in [0.05, 0.1) is 24.3 Å². The van der Waals surface area contributed by atoms with Crippen molar-refractivity contribution in [2.24, 2.45) is 5.92 Å². The summed E-state index contributed by atoms with van der Waals surface area (Å²) in [7, 11) is 0. The molecule has 5 nitrogen and oxygen atoms in total. The number of hydrogen-bond acceptors (Lipinski definition) is 4. The fourth-order valence-corrected chi connectivity index (χ4v) is 2.28. The van der Waals surface area contributed by atoms with Crippen LogP contribution >= 0.6 is 0 Å². The van der Waals surface area contributed by atoms with Gasteiger partial charge in [-0.2, -0.15) is 5.10 Å². The maximum atomic E-state index is 5.66. The average Bonchev–Trinajstić information content (AvgIpc) is 2.89. The van der Waals surface area contributed by atoms with Gasteiger partial charge in [-0.15, -0.1) is 0 Å². The number of nitrogens with one attached hydrogen (secondary N) is 1. The first-order valence-electron chi connectivity index (χ1n) is 5.61. The van der Waals surface area contributed by atoms with Crippen LogP contribution in [0.5, 0.6) is 0 Å². The summed E-state index contributed by atoms with van der Waals surface area (Å²) in [6, 6.07) is 0. The zero-order valence-corrected chi connectivity index (χ0v) is 9.06. The summed E-state index contributed by atoms with van der Waals surface area (Å²) in [4.78, 5) is 4.34. The molecule has 0 amide bonds. The summed E-state index contributed by atoms with van der Waals surface area (Å²) in [5.41, 5.74) is 8.45. The van der Waals surface area contributed by atoms with Crippen LogP contribution in [0, 0.1) is 5.92 Å². The van der Waals surface area contributed by atoms with E-state index in [1.165, 1.54) is 12.0 Å². The van der Waals surface area contributed by atoms with Crippen molar-refractivity contribution < 1.29 is 0 Å². The highest BCUT2D eigenvalue weighted by Crippen LogP contribution is 2.18. The Kier molecular flexibility index (Phi) is 2.25. The van der Waals surface area contributed by atoms with Gasteiger partial charge in [-0.25, -0.2) is 9.50 Å². The number of aromatic nitrogens is 3. The number of fused-ring (bicyclic) bond motifs is 1. The van der Waals surface area contributed by atoms with E-state index in [-0.39, 0.29) is 0 Å². The van der Waals surface area contributed by atoms with E-state index >= 15 is 0 Å². The Balaban J connectivity index is 1.91. The average molecular weight is 217 g/mol. The van der Waals surface area contributed by atoms with E-state index in [4.69, 9.17) is 5.73 Å². The van der Waals surface area contributed by atoms with Crippen molar-refractivity contribution in [2.75, 3.05) is 18.8 Å². The number of anilines is 1. The Morgan fingerprint density at radius 2 is 2.44 bits per heavy atom. The Bertz CT molecular complexity index is 498. The van der Waals surface area contributed by atoms with Crippen LogP contribution in [0.1, 0.15) is 12.0 Å². The standard InChI is InChI=1S/C11H15N5/c12-10-6-14-11-9(5-15-16(11)7-10)3-8-1-2-13-4-8/h5-8,13H,1-4,12H2. The molecule has 16 heavy (non-hydrogen) atoms. The number of nitrogen functional groups attached to an aromatic ring is 1. The fourth-order valence-electron chi connectivity index (χ4n) is 2.28. The van der Waals surface area contributed by atoms with Gasteiger partial charge in [0.25, 0.3) is 0 Å². The maximum Gasteiger partial charge on any atom is 0.158 e. The van der Waals surface area contributed by atoms with Crippen molar-refractivity contribution >= 4 is 11.3 Å². The number of nitrogens with two attached hydrogens (primary N) is 1. The topological polar surface area (TPSA) is 68.2 Å². The van der Waals surface area contributed by atoms with Crippen molar-refractivity contribution in [3.05, 3.63) is 24.2 Å². The second-order valence-electron chi connectivity index (χ2n) is 4.39. The van der Waals surface area contributed by atoms with Crippen LogP contribution in [-0.2, 0) is 6.42 Å². The molecule has 0 radical (unpaired) electrons. The van der Waals surface area contributed by atoms with Crippen LogP contribution in [-0.4, -0.2) is 27.7 Å². The summed E-state index contributed by atoms with van der Waals surface area (Å²) in [5.74, 6) is 0.715. The lowest BCUT2D eigenvalue weighted by molar-refractivity contribution is 0.582. The third-order valence-corrected chi connectivity index (χ3v) is 3.12. The molecule has 0 saturated carbocycles. The molecular formula is C11H15N5. The lowest BCUT2D eigenvalue weighted by atomic mass is 10.0. The minimum Gasteiger partial charge on any atom is -0.396 e. The summed E-state index contributed by atoms with van der Waals surface area (Å²) < 4.78 is 1.76. The summed E-state index contributed by atoms with van der Waals surface area (Å²) in [6.07, 6.45) is 7.69. The number of rotatable bonds is 2. The highest BCUT2D eigenvalue weighted by Gasteiger charge is 2.17. The number of hydrogen-bond donors (Lipinski definition) is 2. The third-order valence-electron chi connectivity index (χ3n) is 3.12. The first-order valence-corrected chi connectivity index (χ1v) is 5.61. The van der Waals surface area contributed by atoms with Gasteiger partial charge in [0.1, 0.15) is 0 Å². The van der Waals surface area contributed by atoms with Crippen LogP contribution in [0.25, 0.3) is 5.65 Å². The molecule has 1 aliphatic rings. The number of nitrogens with zero attached hydrogens (tertiary/aromatic N) is 3. The summed E-state index contributed by atoms with van der Waals surface area (Å²) >= 11 is 0. The molecule has 1 aliphatic heterocycles. The van der Waals surface area contributed by atoms with Crippen LogP contribution < -0.4 is 11.1 Å². The molecule has 0 bridgehead atoms. The molecule has 5 heteroatoms. The predicted molar refractivity (Wildman–Crippen MR) is 62.1 cm³/mol. The second kappa shape index (κ2) is 3.75. The van der Waals surface area contributed by atoms with Gasteiger partial charge in [0, 0.05) is 5.56 Å². The highest BCUT2D eigenvalue weighted by atomic mass is 15.2. The molecule has 3 rings (SSSR count). The van der Waals surface area contributed by atoms with Crippen LogP contribution in [0.3, 0.4) is 0 Å². The van der Waals surface area contributed by atoms with Crippen molar-refractivity contribution in [3.63, 3.8) is 0 Å². The molecule has 84 valence electrons. The molecule has 1 fully saturated rings. The molecule has 2 aromatic rings. The predicted octanol–water partition coefficient (Wildman–Crippen LogP) is 0.463. The van der Waals surface area contributed by atoms with Crippen molar-refractivity contribution in [1.29, 1.82) is 0 Å². The smallest absolute Gasteiger partial charge is 0.158 e. The molecular weight excluding hydrogens is 202 g/mol. The van der Waals surface area contributed by atoms with Crippen molar-refractivity contribution in [1.82, 2.24) is 19.9 Å². The van der Waals surface area contributed by atoms with Gasteiger partial charge >= 0.3 is 0 Å². The highest BCUT2D eigenvalue weighted by molar-refractivity contribution is 5.49. The normalized spacial score (nSPS) is 20.6. The van der Waals surface area contributed by atoms with Crippen LogP contribution in [0.2, 0.25) is 0 Å². The molecule has 0 spiro atoms. The maximum absolute atomic E-state index is 5.66. The lowest BCUT2D eigenvalue weighted by Crippen LogP contribution is -2.10. The van der Waals surface area contributed by atoms with Gasteiger partial charge in [0.15, 0.2) is 5.65 Å². The Morgan fingerprint density at radius 3 is 3.25 bits per heavy atom. The minimum atomic E-state index is 0.643.